The summed E-state index contributed by atoms with van der Waals surface area (Å²) in [5, 5.41) is 1.66. The highest BCUT2D eigenvalue weighted by Crippen LogP contribution is 2.16. The minimum Gasteiger partial charge on any atom is -0.330 e. The second-order valence-corrected chi connectivity index (χ2v) is 3.46. The summed E-state index contributed by atoms with van der Waals surface area (Å²) >= 11 is 5.84. The molecule has 0 fully saturated rings. The van der Waals surface area contributed by atoms with Crippen LogP contribution in [0.25, 0.3) is 10.9 Å². The van der Waals surface area contributed by atoms with Gasteiger partial charge in [0.15, 0.2) is 0 Å². The molecule has 14 heavy (non-hydrogen) atoms. The molecule has 0 radical (unpaired) electrons. The Morgan fingerprint density at radius 2 is 2.21 bits per heavy atom. The maximum absolute atomic E-state index is 5.84. The summed E-state index contributed by atoms with van der Waals surface area (Å²) in [5.74, 6) is 0.780. The molecule has 4 heteroatoms. The molecule has 0 unspecified atom stereocenters. The largest absolute Gasteiger partial charge is 0.330 e. The minimum absolute atomic E-state index is 0.569. The lowest BCUT2D eigenvalue weighted by atomic mass is 10.2. The molecule has 0 atom stereocenters. The van der Waals surface area contributed by atoms with Crippen LogP contribution in [0, 0.1) is 0 Å². The Balaban J connectivity index is 2.50. The topological polar surface area (TPSA) is 51.8 Å². The van der Waals surface area contributed by atoms with E-state index in [1.54, 1.807) is 6.20 Å². The number of nitrogens with zero attached hydrogens (tertiary/aromatic N) is 2. The van der Waals surface area contributed by atoms with Crippen LogP contribution in [0.1, 0.15) is 5.82 Å². The summed E-state index contributed by atoms with van der Waals surface area (Å²) in [6.45, 7) is 0.569. The summed E-state index contributed by atoms with van der Waals surface area (Å²) in [7, 11) is 0. The molecule has 1 aromatic heterocycles. The molecule has 2 aromatic rings. The summed E-state index contributed by atoms with van der Waals surface area (Å²) in [4.78, 5) is 8.54. The Bertz CT molecular complexity index is 456. The van der Waals surface area contributed by atoms with E-state index >= 15 is 0 Å². The zero-order valence-corrected chi connectivity index (χ0v) is 8.33. The molecule has 2 rings (SSSR count). The molecule has 0 amide bonds. The van der Waals surface area contributed by atoms with Crippen molar-refractivity contribution >= 4 is 22.5 Å². The van der Waals surface area contributed by atoms with Crippen LogP contribution in [-0.2, 0) is 6.42 Å². The number of benzene rings is 1. The van der Waals surface area contributed by atoms with Crippen LogP contribution >= 0.6 is 11.6 Å². The summed E-state index contributed by atoms with van der Waals surface area (Å²) in [5.41, 5.74) is 6.34. The number of fused-ring (bicyclic) bond motifs is 1. The fourth-order valence-corrected chi connectivity index (χ4v) is 1.47. The van der Waals surface area contributed by atoms with Gasteiger partial charge in [-0.15, -0.1) is 0 Å². The van der Waals surface area contributed by atoms with E-state index in [4.69, 9.17) is 17.3 Å². The van der Waals surface area contributed by atoms with Crippen molar-refractivity contribution in [3.8, 4) is 0 Å². The maximum atomic E-state index is 5.84. The Morgan fingerprint density at radius 3 is 3.00 bits per heavy atom. The highest BCUT2D eigenvalue weighted by molar-refractivity contribution is 6.31. The molecular weight excluding hydrogens is 198 g/mol. The molecular formula is C10H10ClN3. The van der Waals surface area contributed by atoms with Crippen molar-refractivity contribution in [2.24, 2.45) is 5.73 Å². The molecule has 3 nitrogen and oxygen atoms in total. The molecule has 0 saturated carbocycles. The van der Waals surface area contributed by atoms with Crippen molar-refractivity contribution < 1.29 is 0 Å². The van der Waals surface area contributed by atoms with Crippen molar-refractivity contribution in [2.75, 3.05) is 6.54 Å². The molecule has 0 saturated heterocycles. The lowest BCUT2D eigenvalue weighted by Crippen LogP contribution is -2.06. The van der Waals surface area contributed by atoms with Crippen LogP contribution < -0.4 is 5.73 Å². The summed E-state index contributed by atoms with van der Waals surface area (Å²) in [6.07, 6.45) is 2.48. The van der Waals surface area contributed by atoms with Gasteiger partial charge in [0, 0.05) is 23.0 Å². The third-order valence-electron chi connectivity index (χ3n) is 1.96. The first kappa shape index (κ1) is 9.37. The predicted octanol–water partition coefficient (Wildman–Crippen LogP) is 1.78. The van der Waals surface area contributed by atoms with E-state index in [1.165, 1.54) is 0 Å². The van der Waals surface area contributed by atoms with Crippen LogP contribution in [0.15, 0.2) is 24.4 Å². The van der Waals surface area contributed by atoms with Gasteiger partial charge >= 0.3 is 0 Å². The summed E-state index contributed by atoms with van der Waals surface area (Å²) < 4.78 is 0. The molecule has 1 heterocycles. The number of rotatable bonds is 2. The van der Waals surface area contributed by atoms with Crippen LogP contribution in [-0.4, -0.2) is 16.5 Å². The first-order valence-corrected chi connectivity index (χ1v) is 4.78. The van der Waals surface area contributed by atoms with Gasteiger partial charge in [0.05, 0.1) is 5.52 Å². The zero-order valence-electron chi connectivity index (χ0n) is 7.57. The van der Waals surface area contributed by atoms with Crippen LogP contribution in [0.4, 0.5) is 0 Å². The van der Waals surface area contributed by atoms with Gasteiger partial charge in [0.25, 0.3) is 0 Å². The number of hydrogen-bond acceptors (Lipinski definition) is 3. The first-order chi connectivity index (χ1) is 6.79. The van der Waals surface area contributed by atoms with Gasteiger partial charge in [-0.05, 0) is 24.7 Å². The lowest BCUT2D eigenvalue weighted by Gasteiger charge is -2.00. The van der Waals surface area contributed by atoms with Crippen LogP contribution in [0.2, 0.25) is 5.02 Å². The number of aromatic nitrogens is 2. The maximum Gasteiger partial charge on any atom is 0.130 e. The second-order valence-electron chi connectivity index (χ2n) is 3.03. The molecule has 2 N–H and O–H groups in total. The van der Waals surface area contributed by atoms with Gasteiger partial charge < -0.3 is 5.73 Å². The Kier molecular flexibility index (Phi) is 2.61. The van der Waals surface area contributed by atoms with E-state index in [-0.39, 0.29) is 0 Å². The fourth-order valence-electron chi connectivity index (χ4n) is 1.29. The number of hydrogen-bond donors (Lipinski definition) is 1. The van der Waals surface area contributed by atoms with Crippen LogP contribution in [0.5, 0.6) is 0 Å². The highest BCUT2D eigenvalue weighted by Gasteiger charge is 1.99. The van der Waals surface area contributed by atoms with Crippen LogP contribution in [0.3, 0.4) is 0 Å². The minimum atomic E-state index is 0.569. The smallest absolute Gasteiger partial charge is 0.130 e. The molecule has 72 valence electrons. The SMILES string of the molecule is NCCc1ncc2cc(Cl)ccc2n1. The molecule has 0 aliphatic heterocycles. The van der Waals surface area contributed by atoms with Crippen molar-refractivity contribution in [2.45, 2.75) is 6.42 Å². The van der Waals surface area contributed by atoms with Gasteiger partial charge in [-0.25, -0.2) is 9.97 Å². The summed E-state index contributed by atoms with van der Waals surface area (Å²) in [6, 6.07) is 5.56. The standard InChI is InChI=1S/C10H10ClN3/c11-8-1-2-9-7(5-8)6-13-10(14-9)3-4-12/h1-2,5-6H,3-4,12H2. The van der Waals surface area contributed by atoms with Crippen molar-refractivity contribution in [3.05, 3.63) is 35.2 Å². The fraction of sp³-hybridized carbons (Fsp3) is 0.200. The van der Waals surface area contributed by atoms with Gasteiger partial charge in [0.1, 0.15) is 5.82 Å². The van der Waals surface area contributed by atoms with E-state index in [9.17, 15) is 0 Å². The van der Waals surface area contributed by atoms with Crippen molar-refractivity contribution in [1.29, 1.82) is 0 Å². The Morgan fingerprint density at radius 1 is 1.36 bits per heavy atom. The normalized spacial score (nSPS) is 10.7. The zero-order chi connectivity index (χ0) is 9.97. The average molecular weight is 208 g/mol. The van der Waals surface area contributed by atoms with E-state index in [0.717, 1.165) is 16.7 Å². The molecule has 1 aromatic carbocycles. The molecule has 0 aliphatic carbocycles. The monoisotopic (exact) mass is 207 g/mol. The Labute approximate surface area is 86.9 Å². The first-order valence-electron chi connectivity index (χ1n) is 4.41. The lowest BCUT2D eigenvalue weighted by molar-refractivity contribution is 0.879. The van der Waals surface area contributed by atoms with Gasteiger partial charge in [-0.3, -0.25) is 0 Å². The highest BCUT2D eigenvalue weighted by atomic mass is 35.5. The number of nitrogens with two attached hydrogens (primary N) is 1. The van der Waals surface area contributed by atoms with Crippen molar-refractivity contribution in [1.82, 2.24) is 9.97 Å². The van der Waals surface area contributed by atoms with Gasteiger partial charge in [-0.2, -0.15) is 0 Å². The Hall–Kier alpha value is -1.19. The molecule has 0 spiro atoms. The third kappa shape index (κ3) is 1.84. The van der Waals surface area contributed by atoms with E-state index < -0.39 is 0 Å². The average Bonchev–Trinajstić information content (AvgIpc) is 2.19. The quantitative estimate of drug-likeness (QED) is 0.817. The van der Waals surface area contributed by atoms with Crippen molar-refractivity contribution in [3.63, 3.8) is 0 Å². The predicted molar refractivity (Wildman–Crippen MR) is 57.3 cm³/mol. The van der Waals surface area contributed by atoms with E-state index in [0.29, 0.717) is 18.0 Å². The molecule has 0 bridgehead atoms. The number of halogens is 1. The van der Waals surface area contributed by atoms with Gasteiger partial charge in [0.2, 0.25) is 0 Å². The van der Waals surface area contributed by atoms with E-state index in [1.807, 2.05) is 18.2 Å². The third-order valence-corrected chi connectivity index (χ3v) is 2.19. The van der Waals surface area contributed by atoms with Gasteiger partial charge in [-0.1, -0.05) is 11.6 Å². The van der Waals surface area contributed by atoms with E-state index in [2.05, 4.69) is 9.97 Å². The molecule has 0 aliphatic rings. The second kappa shape index (κ2) is 3.90.